The molecule has 0 amide bonds. The van der Waals surface area contributed by atoms with Crippen molar-refractivity contribution in [2.45, 2.75) is 58.4 Å². The van der Waals surface area contributed by atoms with Gasteiger partial charge in [0.1, 0.15) is 12.2 Å². The van der Waals surface area contributed by atoms with E-state index < -0.39 is 41.8 Å². The van der Waals surface area contributed by atoms with Gasteiger partial charge in [0.25, 0.3) is 0 Å². The Kier molecular flexibility index (Phi) is 8.54. The first-order valence-corrected chi connectivity index (χ1v) is 11.6. The zero-order valence-electron chi connectivity index (χ0n) is 20.5. The molecule has 0 saturated heterocycles. The summed E-state index contributed by atoms with van der Waals surface area (Å²) in [6, 6.07) is 11.2. The van der Waals surface area contributed by atoms with Gasteiger partial charge in [0.2, 0.25) is 11.9 Å². The number of hydrogen-bond donors (Lipinski definition) is 1. The first kappa shape index (κ1) is 27.0. The van der Waals surface area contributed by atoms with Crippen molar-refractivity contribution < 1.29 is 23.9 Å². The van der Waals surface area contributed by atoms with Crippen molar-refractivity contribution in [3.63, 3.8) is 0 Å². The number of halogens is 1. The van der Waals surface area contributed by atoms with Crippen LogP contribution in [0.1, 0.15) is 44.4 Å². The predicted molar refractivity (Wildman–Crippen MR) is 132 cm³/mol. The first-order valence-electron chi connectivity index (χ1n) is 11.2. The fourth-order valence-corrected chi connectivity index (χ4v) is 3.45. The van der Waals surface area contributed by atoms with Crippen LogP contribution in [0, 0.1) is 6.92 Å². The SMILES string of the molecule is Cc1ccc(Cl)c(-c2nnn(C(C(=O)OCc3ccccc3)C(=O)C(N)CC(=O)OC(C)(C)C)n2)c1. The molecule has 11 heteroatoms. The lowest BCUT2D eigenvalue weighted by Crippen LogP contribution is -2.43. The number of hydrogen-bond acceptors (Lipinski definition) is 9. The highest BCUT2D eigenvalue weighted by Gasteiger charge is 2.37. The molecule has 36 heavy (non-hydrogen) atoms. The number of esters is 2. The lowest BCUT2D eigenvalue weighted by Gasteiger charge is -2.21. The zero-order chi connectivity index (χ0) is 26.5. The molecule has 1 heterocycles. The molecule has 1 aromatic heterocycles. The van der Waals surface area contributed by atoms with E-state index in [1.807, 2.05) is 19.1 Å². The van der Waals surface area contributed by atoms with Crippen molar-refractivity contribution in [1.82, 2.24) is 20.2 Å². The molecule has 0 radical (unpaired) electrons. The lowest BCUT2D eigenvalue weighted by molar-refractivity contribution is -0.158. The molecular weight excluding hydrogens is 486 g/mol. The van der Waals surface area contributed by atoms with Gasteiger partial charge in [0.15, 0.2) is 5.78 Å². The monoisotopic (exact) mass is 513 g/mol. The van der Waals surface area contributed by atoms with E-state index in [4.69, 9.17) is 26.8 Å². The lowest BCUT2D eigenvalue weighted by atomic mass is 10.0. The number of rotatable bonds is 9. The fourth-order valence-electron chi connectivity index (χ4n) is 3.25. The number of ketones is 1. The minimum atomic E-state index is -1.67. The van der Waals surface area contributed by atoms with Crippen LogP contribution < -0.4 is 5.73 Å². The molecule has 2 aromatic carbocycles. The molecule has 0 aliphatic heterocycles. The third-order valence-electron chi connectivity index (χ3n) is 4.91. The molecule has 2 N–H and O–H groups in total. The van der Waals surface area contributed by atoms with Crippen molar-refractivity contribution in [1.29, 1.82) is 0 Å². The standard InChI is InChI=1S/C25H28ClN5O5/c1-15-10-11-18(26)17(12-15)23-28-30-31(29-23)21(24(34)35-14-16-8-6-5-7-9-16)22(33)19(27)13-20(32)36-25(2,3)4/h5-12,19,21H,13-14,27H2,1-4H3. The highest BCUT2D eigenvalue weighted by Crippen LogP contribution is 2.26. The van der Waals surface area contributed by atoms with E-state index in [1.54, 1.807) is 57.2 Å². The van der Waals surface area contributed by atoms with Crippen LogP contribution in [0.15, 0.2) is 48.5 Å². The Balaban J connectivity index is 1.88. The molecule has 10 nitrogen and oxygen atoms in total. The average Bonchev–Trinajstić information content (AvgIpc) is 3.28. The maximum absolute atomic E-state index is 13.3. The summed E-state index contributed by atoms with van der Waals surface area (Å²) in [5.74, 6) is -2.34. The van der Waals surface area contributed by atoms with Gasteiger partial charge in [0, 0.05) is 5.56 Å². The van der Waals surface area contributed by atoms with Crippen LogP contribution in [0.3, 0.4) is 0 Å². The van der Waals surface area contributed by atoms with E-state index in [-0.39, 0.29) is 12.4 Å². The van der Waals surface area contributed by atoms with E-state index in [2.05, 4.69) is 15.4 Å². The number of aryl methyl sites for hydroxylation is 1. The molecule has 0 aliphatic carbocycles. The molecule has 0 fully saturated rings. The average molecular weight is 514 g/mol. The minimum Gasteiger partial charge on any atom is -0.460 e. The van der Waals surface area contributed by atoms with Crippen LogP contribution in [0.25, 0.3) is 11.4 Å². The van der Waals surface area contributed by atoms with E-state index in [1.165, 1.54) is 0 Å². The quantitative estimate of drug-likeness (QED) is 0.337. The number of nitrogens with zero attached hydrogens (tertiary/aromatic N) is 4. The molecule has 0 spiro atoms. The van der Waals surface area contributed by atoms with Gasteiger partial charge >= 0.3 is 11.9 Å². The number of tetrazole rings is 1. The number of ether oxygens (including phenoxy) is 2. The molecule has 3 aromatic rings. The third-order valence-corrected chi connectivity index (χ3v) is 5.24. The van der Waals surface area contributed by atoms with Gasteiger partial charge in [-0.05, 0) is 50.6 Å². The molecule has 190 valence electrons. The molecule has 0 bridgehead atoms. The van der Waals surface area contributed by atoms with Crippen molar-refractivity contribution in [3.8, 4) is 11.4 Å². The Hall–Kier alpha value is -3.63. The van der Waals surface area contributed by atoms with Crippen LogP contribution in [0.4, 0.5) is 0 Å². The van der Waals surface area contributed by atoms with Crippen molar-refractivity contribution >= 4 is 29.3 Å². The molecule has 3 rings (SSSR count). The molecule has 0 aliphatic rings. The number of aromatic nitrogens is 4. The molecule has 2 unspecified atom stereocenters. The number of benzene rings is 2. The van der Waals surface area contributed by atoms with Gasteiger partial charge in [-0.15, -0.1) is 15.0 Å². The van der Waals surface area contributed by atoms with E-state index in [0.29, 0.717) is 16.1 Å². The normalized spacial score (nSPS) is 13.1. The Labute approximate surface area is 213 Å². The molecule has 0 saturated carbocycles. The number of Topliss-reactive ketones (excluding diaryl/α,β-unsaturated/α-hetero) is 1. The van der Waals surface area contributed by atoms with Crippen LogP contribution in [0.5, 0.6) is 0 Å². The van der Waals surface area contributed by atoms with Gasteiger partial charge in [-0.3, -0.25) is 9.59 Å². The number of nitrogens with two attached hydrogens (primary N) is 1. The second-order valence-corrected chi connectivity index (χ2v) is 9.62. The van der Waals surface area contributed by atoms with Gasteiger partial charge in [-0.25, -0.2) is 4.79 Å². The Morgan fingerprint density at radius 1 is 1.11 bits per heavy atom. The van der Waals surface area contributed by atoms with Gasteiger partial charge in [-0.1, -0.05) is 53.6 Å². The molecular formula is C25H28ClN5O5. The predicted octanol–water partition coefficient (Wildman–Crippen LogP) is 3.21. The highest BCUT2D eigenvalue weighted by molar-refractivity contribution is 6.33. The van der Waals surface area contributed by atoms with Crippen molar-refractivity contribution in [2.75, 3.05) is 0 Å². The minimum absolute atomic E-state index is 0.0873. The fraction of sp³-hybridized carbons (Fsp3) is 0.360. The van der Waals surface area contributed by atoms with Crippen LogP contribution in [-0.2, 0) is 30.5 Å². The maximum Gasteiger partial charge on any atom is 0.341 e. The summed E-state index contributed by atoms with van der Waals surface area (Å²) in [5, 5.41) is 12.5. The Bertz CT molecular complexity index is 1240. The second-order valence-electron chi connectivity index (χ2n) is 9.21. The van der Waals surface area contributed by atoms with Gasteiger partial charge in [-0.2, -0.15) is 0 Å². The summed E-state index contributed by atoms with van der Waals surface area (Å²) in [4.78, 5) is 39.4. The number of carbonyl (C=O) groups excluding carboxylic acids is 3. The first-order chi connectivity index (χ1) is 16.9. The molecule has 2 atom stereocenters. The largest absolute Gasteiger partial charge is 0.460 e. The Morgan fingerprint density at radius 3 is 2.47 bits per heavy atom. The second kappa shape index (κ2) is 11.4. The van der Waals surface area contributed by atoms with E-state index >= 15 is 0 Å². The summed E-state index contributed by atoms with van der Waals surface area (Å²) in [6.07, 6.45) is -0.441. The van der Waals surface area contributed by atoms with Crippen molar-refractivity contribution in [3.05, 3.63) is 64.7 Å². The van der Waals surface area contributed by atoms with Crippen molar-refractivity contribution in [2.24, 2.45) is 5.73 Å². The van der Waals surface area contributed by atoms with E-state index in [9.17, 15) is 14.4 Å². The maximum atomic E-state index is 13.3. The summed E-state index contributed by atoms with van der Waals surface area (Å²) < 4.78 is 10.6. The zero-order valence-corrected chi connectivity index (χ0v) is 21.2. The summed E-state index contributed by atoms with van der Waals surface area (Å²) in [5.41, 5.74) is 7.35. The Morgan fingerprint density at radius 2 is 1.81 bits per heavy atom. The summed E-state index contributed by atoms with van der Waals surface area (Å²) >= 11 is 6.28. The number of carbonyl (C=O) groups is 3. The smallest absolute Gasteiger partial charge is 0.341 e. The summed E-state index contributed by atoms with van der Waals surface area (Å²) in [7, 11) is 0. The summed E-state index contributed by atoms with van der Waals surface area (Å²) in [6.45, 7) is 6.86. The van der Waals surface area contributed by atoms with Crippen LogP contribution in [0.2, 0.25) is 5.02 Å². The van der Waals surface area contributed by atoms with Gasteiger partial charge in [0.05, 0.1) is 17.5 Å². The van der Waals surface area contributed by atoms with Crippen LogP contribution in [-0.4, -0.2) is 49.6 Å². The third kappa shape index (κ3) is 7.19. The van der Waals surface area contributed by atoms with Gasteiger partial charge < -0.3 is 15.2 Å². The van der Waals surface area contributed by atoms with E-state index in [0.717, 1.165) is 10.4 Å². The topological polar surface area (TPSA) is 139 Å². The highest BCUT2D eigenvalue weighted by atomic mass is 35.5. The van der Waals surface area contributed by atoms with Crippen LogP contribution >= 0.6 is 11.6 Å².